The maximum Gasteiger partial charge on any atom is 0.136 e. The molecule has 14 heavy (non-hydrogen) atoms. The van der Waals surface area contributed by atoms with Crippen molar-refractivity contribution in [3.63, 3.8) is 0 Å². The Kier molecular flexibility index (Phi) is 3.05. The van der Waals surface area contributed by atoms with E-state index in [0.717, 1.165) is 19.3 Å². The van der Waals surface area contributed by atoms with Crippen molar-refractivity contribution < 1.29 is 4.79 Å². The van der Waals surface area contributed by atoms with Crippen molar-refractivity contribution in [3.8, 4) is 0 Å². The van der Waals surface area contributed by atoms with Gasteiger partial charge < -0.3 is 0 Å². The van der Waals surface area contributed by atoms with Gasteiger partial charge in [0.2, 0.25) is 0 Å². The van der Waals surface area contributed by atoms with Crippen LogP contribution in [0.5, 0.6) is 0 Å². The monoisotopic (exact) mass is 197 g/mol. The van der Waals surface area contributed by atoms with Gasteiger partial charge in [-0.25, -0.2) is 0 Å². The molecule has 2 heteroatoms. The van der Waals surface area contributed by atoms with Gasteiger partial charge in [0, 0.05) is 23.9 Å². The predicted octanol–water partition coefficient (Wildman–Crippen LogP) is 2.62. The zero-order valence-corrected chi connectivity index (χ0v) is 10.2. The highest BCUT2D eigenvalue weighted by molar-refractivity contribution is 5.81. The molecular formula is C12H23NO. The standard InChI is InChI=1S/C12H23NO/c1-6-12(7-2)9-10(14)8-11(3,4)13(12)5/h6-9H2,1-5H3. The lowest BCUT2D eigenvalue weighted by Crippen LogP contribution is -2.61. The van der Waals surface area contributed by atoms with Gasteiger partial charge in [-0.1, -0.05) is 13.8 Å². The van der Waals surface area contributed by atoms with Crippen LogP contribution in [0.1, 0.15) is 53.4 Å². The van der Waals surface area contributed by atoms with Gasteiger partial charge in [0.25, 0.3) is 0 Å². The highest BCUT2D eigenvalue weighted by atomic mass is 16.1. The first-order valence-electron chi connectivity index (χ1n) is 5.63. The Hall–Kier alpha value is -0.370. The Morgan fingerprint density at radius 3 is 2.14 bits per heavy atom. The van der Waals surface area contributed by atoms with Crippen LogP contribution in [0.25, 0.3) is 0 Å². The van der Waals surface area contributed by atoms with E-state index in [0.29, 0.717) is 12.2 Å². The van der Waals surface area contributed by atoms with Crippen LogP contribution in [-0.4, -0.2) is 28.8 Å². The molecule has 0 aromatic carbocycles. The number of carbonyl (C=O) groups is 1. The summed E-state index contributed by atoms with van der Waals surface area (Å²) in [4.78, 5) is 14.1. The molecule has 2 nitrogen and oxygen atoms in total. The molecule has 0 aliphatic carbocycles. The first-order chi connectivity index (χ1) is 6.38. The van der Waals surface area contributed by atoms with E-state index in [1.807, 2.05) is 0 Å². The first kappa shape index (κ1) is 11.7. The van der Waals surface area contributed by atoms with Gasteiger partial charge in [0.05, 0.1) is 0 Å². The second-order valence-corrected chi connectivity index (χ2v) is 5.20. The minimum absolute atomic E-state index is 0.0291. The predicted molar refractivity (Wildman–Crippen MR) is 59.4 cm³/mol. The fourth-order valence-electron chi connectivity index (χ4n) is 2.77. The number of hydrogen-bond donors (Lipinski definition) is 0. The number of nitrogens with zero attached hydrogens (tertiary/aromatic N) is 1. The summed E-state index contributed by atoms with van der Waals surface area (Å²) in [5, 5.41) is 0. The molecule has 0 atom stereocenters. The molecular weight excluding hydrogens is 174 g/mol. The van der Waals surface area contributed by atoms with E-state index < -0.39 is 0 Å². The van der Waals surface area contributed by atoms with Crippen LogP contribution in [0.2, 0.25) is 0 Å². The van der Waals surface area contributed by atoms with Crippen molar-refractivity contribution in [2.45, 2.75) is 64.5 Å². The van der Waals surface area contributed by atoms with Crippen molar-refractivity contribution in [1.29, 1.82) is 0 Å². The number of hydrogen-bond acceptors (Lipinski definition) is 2. The molecule has 1 saturated heterocycles. The summed E-state index contributed by atoms with van der Waals surface area (Å²) in [7, 11) is 2.17. The van der Waals surface area contributed by atoms with Crippen molar-refractivity contribution in [2.75, 3.05) is 7.05 Å². The van der Waals surface area contributed by atoms with Crippen LogP contribution >= 0.6 is 0 Å². The topological polar surface area (TPSA) is 20.3 Å². The smallest absolute Gasteiger partial charge is 0.136 e. The Bertz CT molecular complexity index is 228. The molecule has 82 valence electrons. The fraction of sp³-hybridized carbons (Fsp3) is 0.917. The van der Waals surface area contributed by atoms with E-state index in [-0.39, 0.29) is 11.1 Å². The lowest BCUT2D eigenvalue weighted by Gasteiger charge is -2.53. The van der Waals surface area contributed by atoms with E-state index >= 15 is 0 Å². The Labute approximate surface area is 87.7 Å². The number of piperidine rings is 1. The van der Waals surface area contributed by atoms with E-state index in [1.165, 1.54) is 0 Å². The number of rotatable bonds is 2. The van der Waals surface area contributed by atoms with Gasteiger partial charge in [0.1, 0.15) is 5.78 Å². The average molecular weight is 197 g/mol. The maximum absolute atomic E-state index is 11.7. The first-order valence-corrected chi connectivity index (χ1v) is 5.63. The largest absolute Gasteiger partial charge is 0.300 e. The third-order valence-electron chi connectivity index (χ3n) is 4.09. The minimum atomic E-state index is 0.0291. The molecule has 0 aromatic rings. The van der Waals surface area contributed by atoms with E-state index in [2.05, 4.69) is 39.6 Å². The molecule has 0 aromatic heterocycles. The van der Waals surface area contributed by atoms with Gasteiger partial charge in [-0.05, 0) is 33.7 Å². The summed E-state index contributed by atoms with van der Waals surface area (Å²) in [6.45, 7) is 8.72. The van der Waals surface area contributed by atoms with Gasteiger partial charge in [-0.2, -0.15) is 0 Å². The van der Waals surface area contributed by atoms with Gasteiger partial charge in [-0.3, -0.25) is 9.69 Å². The third kappa shape index (κ3) is 1.72. The normalized spacial score (nSPS) is 26.5. The second kappa shape index (κ2) is 3.65. The molecule has 0 bridgehead atoms. The number of Topliss-reactive ketones (excluding diaryl/α,β-unsaturated/α-hetero) is 1. The lowest BCUT2D eigenvalue weighted by molar-refractivity contribution is -0.134. The summed E-state index contributed by atoms with van der Waals surface area (Å²) < 4.78 is 0. The zero-order chi connectivity index (χ0) is 11.0. The zero-order valence-electron chi connectivity index (χ0n) is 10.2. The van der Waals surface area contributed by atoms with E-state index in [9.17, 15) is 4.79 Å². The Morgan fingerprint density at radius 1 is 1.21 bits per heavy atom. The molecule has 1 aliphatic heterocycles. The van der Waals surface area contributed by atoms with Crippen LogP contribution in [0, 0.1) is 0 Å². The SMILES string of the molecule is CCC1(CC)CC(=O)CC(C)(C)N1C. The molecule has 0 spiro atoms. The quantitative estimate of drug-likeness (QED) is 0.678. The number of likely N-dealkylation sites (tertiary alicyclic amines) is 1. The molecule has 1 heterocycles. The Morgan fingerprint density at radius 2 is 1.71 bits per heavy atom. The maximum atomic E-state index is 11.7. The van der Waals surface area contributed by atoms with Crippen molar-refractivity contribution in [2.24, 2.45) is 0 Å². The van der Waals surface area contributed by atoms with Crippen LogP contribution in [0.15, 0.2) is 0 Å². The third-order valence-corrected chi connectivity index (χ3v) is 4.09. The van der Waals surface area contributed by atoms with Crippen LogP contribution in [-0.2, 0) is 4.79 Å². The average Bonchev–Trinajstić information content (AvgIpc) is 2.11. The van der Waals surface area contributed by atoms with Crippen molar-refractivity contribution >= 4 is 5.78 Å². The fourth-order valence-corrected chi connectivity index (χ4v) is 2.77. The van der Waals surface area contributed by atoms with Crippen LogP contribution in [0.3, 0.4) is 0 Å². The molecule has 0 N–H and O–H groups in total. The summed E-state index contributed by atoms with van der Waals surface area (Å²) in [6, 6.07) is 0. The summed E-state index contributed by atoms with van der Waals surface area (Å²) in [6.07, 6.45) is 3.56. The molecule has 0 saturated carbocycles. The highest BCUT2D eigenvalue weighted by Gasteiger charge is 2.45. The van der Waals surface area contributed by atoms with Gasteiger partial charge >= 0.3 is 0 Å². The van der Waals surface area contributed by atoms with Gasteiger partial charge in [-0.15, -0.1) is 0 Å². The molecule has 1 fully saturated rings. The van der Waals surface area contributed by atoms with Crippen molar-refractivity contribution in [3.05, 3.63) is 0 Å². The van der Waals surface area contributed by atoms with E-state index in [1.54, 1.807) is 0 Å². The lowest BCUT2D eigenvalue weighted by atomic mass is 9.75. The Balaban J connectivity index is 3.00. The number of carbonyl (C=O) groups excluding carboxylic acids is 1. The molecule has 0 amide bonds. The molecule has 1 rings (SSSR count). The minimum Gasteiger partial charge on any atom is -0.300 e. The van der Waals surface area contributed by atoms with Crippen LogP contribution < -0.4 is 0 Å². The summed E-state index contributed by atoms with van der Waals surface area (Å²) >= 11 is 0. The summed E-state index contributed by atoms with van der Waals surface area (Å²) in [5.41, 5.74) is 0.139. The highest BCUT2D eigenvalue weighted by Crippen LogP contribution is 2.39. The summed E-state index contributed by atoms with van der Waals surface area (Å²) in [5.74, 6) is 0.428. The second-order valence-electron chi connectivity index (χ2n) is 5.20. The van der Waals surface area contributed by atoms with Gasteiger partial charge in [0.15, 0.2) is 0 Å². The molecule has 1 aliphatic rings. The molecule has 0 radical (unpaired) electrons. The van der Waals surface area contributed by atoms with Crippen LogP contribution in [0.4, 0.5) is 0 Å². The van der Waals surface area contributed by atoms with E-state index in [4.69, 9.17) is 0 Å². The van der Waals surface area contributed by atoms with Crippen molar-refractivity contribution in [1.82, 2.24) is 4.90 Å². The molecule has 0 unspecified atom stereocenters. The number of ketones is 1.